The van der Waals surface area contributed by atoms with Crippen LogP contribution >= 0.6 is 0 Å². The molecule has 2 aliphatic rings. The number of nitrogens with one attached hydrogen (secondary N) is 1. The number of hydrogen-bond acceptors (Lipinski definition) is 3. The second-order valence-corrected chi connectivity index (χ2v) is 5.94. The zero-order valence-electron chi connectivity index (χ0n) is 11.7. The first-order valence-corrected chi connectivity index (χ1v) is 7.43. The molecule has 2 fully saturated rings. The molecule has 3 rings (SSSR count). The number of piperidine rings is 1. The molecule has 1 aromatic rings. The summed E-state index contributed by atoms with van der Waals surface area (Å²) in [5.41, 5.74) is 0.550. The van der Waals surface area contributed by atoms with E-state index in [1.54, 1.807) is 18.2 Å². The molecule has 5 heteroatoms. The zero-order valence-corrected chi connectivity index (χ0v) is 11.7. The van der Waals surface area contributed by atoms with Crippen LogP contribution in [-0.2, 0) is 11.2 Å². The largest absolute Gasteiger partial charge is 0.435 e. The molecular weight excluding hydrogens is 276 g/mol. The first-order valence-electron chi connectivity index (χ1n) is 7.43. The lowest BCUT2D eigenvalue weighted by molar-refractivity contribution is -0.123. The third-order valence-electron chi connectivity index (χ3n) is 4.48. The van der Waals surface area contributed by atoms with Crippen LogP contribution in [0.5, 0.6) is 5.75 Å². The fraction of sp³-hybridized carbons (Fsp3) is 0.562. The van der Waals surface area contributed by atoms with Crippen molar-refractivity contribution in [2.75, 3.05) is 0 Å². The molecule has 2 aliphatic heterocycles. The number of carbonyl (C=O) groups excluding carboxylic acids is 1. The number of benzene rings is 1. The molecule has 0 amide bonds. The van der Waals surface area contributed by atoms with E-state index in [0.29, 0.717) is 17.6 Å². The minimum Gasteiger partial charge on any atom is -0.435 e. The van der Waals surface area contributed by atoms with Gasteiger partial charge in [0, 0.05) is 30.0 Å². The molecule has 2 saturated heterocycles. The number of carbonyl (C=O) groups is 1. The highest BCUT2D eigenvalue weighted by molar-refractivity contribution is 5.84. The van der Waals surface area contributed by atoms with Gasteiger partial charge in [0.25, 0.3) is 0 Å². The Bertz CT molecular complexity index is 509. The Hall–Kier alpha value is -1.49. The molecule has 0 radical (unpaired) electrons. The maximum Gasteiger partial charge on any atom is 0.387 e. The van der Waals surface area contributed by atoms with Gasteiger partial charge in [-0.05, 0) is 31.7 Å². The van der Waals surface area contributed by atoms with E-state index in [-0.39, 0.29) is 23.9 Å². The van der Waals surface area contributed by atoms with Crippen molar-refractivity contribution in [3.05, 3.63) is 29.8 Å². The number of para-hydroxylation sites is 1. The van der Waals surface area contributed by atoms with E-state index in [0.717, 1.165) is 25.7 Å². The lowest BCUT2D eigenvalue weighted by Gasteiger charge is -2.28. The van der Waals surface area contributed by atoms with Crippen LogP contribution in [0.4, 0.5) is 8.78 Å². The molecule has 2 atom stereocenters. The SMILES string of the molecule is O=C(Cc1ccccc1OC(F)F)C1CC2CCC(C1)N2. The summed E-state index contributed by atoms with van der Waals surface area (Å²) >= 11 is 0. The molecule has 2 bridgehead atoms. The van der Waals surface area contributed by atoms with Crippen molar-refractivity contribution in [1.82, 2.24) is 5.32 Å². The van der Waals surface area contributed by atoms with Gasteiger partial charge in [-0.3, -0.25) is 4.79 Å². The van der Waals surface area contributed by atoms with Gasteiger partial charge < -0.3 is 10.1 Å². The van der Waals surface area contributed by atoms with Crippen molar-refractivity contribution in [3.63, 3.8) is 0 Å². The third kappa shape index (κ3) is 3.40. The Morgan fingerprint density at radius 3 is 2.57 bits per heavy atom. The van der Waals surface area contributed by atoms with Gasteiger partial charge in [-0.25, -0.2) is 0 Å². The number of rotatable bonds is 5. The Balaban J connectivity index is 1.67. The second kappa shape index (κ2) is 6.10. The number of alkyl halides is 2. The molecule has 1 N–H and O–H groups in total. The molecule has 0 saturated carbocycles. The topological polar surface area (TPSA) is 38.3 Å². The van der Waals surface area contributed by atoms with Crippen LogP contribution in [-0.4, -0.2) is 24.5 Å². The van der Waals surface area contributed by atoms with Crippen LogP contribution in [0.1, 0.15) is 31.2 Å². The summed E-state index contributed by atoms with van der Waals surface area (Å²) in [6, 6.07) is 7.45. The van der Waals surface area contributed by atoms with E-state index in [1.165, 1.54) is 6.07 Å². The summed E-state index contributed by atoms with van der Waals surface area (Å²) in [6.07, 6.45) is 4.19. The summed E-state index contributed by atoms with van der Waals surface area (Å²) in [6.45, 7) is -2.86. The molecule has 0 spiro atoms. The quantitative estimate of drug-likeness (QED) is 0.907. The average Bonchev–Trinajstić information content (AvgIpc) is 2.79. The summed E-state index contributed by atoms with van der Waals surface area (Å²) in [4.78, 5) is 12.5. The van der Waals surface area contributed by atoms with E-state index in [1.807, 2.05) is 0 Å². The highest BCUT2D eigenvalue weighted by Crippen LogP contribution is 2.32. The maximum absolute atomic E-state index is 12.5. The predicted molar refractivity (Wildman–Crippen MR) is 74.5 cm³/mol. The Morgan fingerprint density at radius 1 is 1.24 bits per heavy atom. The molecule has 2 unspecified atom stereocenters. The van der Waals surface area contributed by atoms with Crippen LogP contribution in [0.2, 0.25) is 0 Å². The average molecular weight is 295 g/mol. The maximum atomic E-state index is 12.5. The first kappa shape index (κ1) is 14.4. The van der Waals surface area contributed by atoms with Gasteiger partial charge >= 0.3 is 6.61 Å². The number of hydrogen-bond donors (Lipinski definition) is 1. The molecule has 3 nitrogen and oxygen atoms in total. The lowest BCUT2D eigenvalue weighted by atomic mass is 9.86. The van der Waals surface area contributed by atoms with Gasteiger partial charge in [0.2, 0.25) is 0 Å². The van der Waals surface area contributed by atoms with Crippen molar-refractivity contribution >= 4 is 5.78 Å². The monoisotopic (exact) mass is 295 g/mol. The van der Waals surface area contributed by atoms with Crippen molar-refractivity contribution in [2.24, 2.45) is 5.92 Å². The molecule has 114 valence electrons. The van der Waals surface area contributed by atoms with E-state index in [2.05, 4.69) is 10.1 Å². The Morgan fingerprint density at radius 2 is 1.90 bits per heavy atom. The van der Waals surface area contributed by atoms with Crippen molar-refractivity contribution in [3.8, 4) is 5.75 Å². The van der Waals surface area contributed by atoms with Crippen LogP contribution < -0.4 is 10.1 Å². The molecule has 21 heavy (non-hydrogen) atoms. The third-order valence-corrected chi connectivity index (χ3v) is 4.48. The van der Waals surface area contributed by atoms with E-state index >= 15 is 0 Å². The van der Waals surface area contributed by atoms with E-state index in [9.17, 15) is 13.6 Å². The fourth-order valence-electron chi connectivity index (χ4n) is 3.51. The van der Waals surface area contributed by atoms with Gasteiger partial charge in [0.1, 0.15) is 11.5 Å². The molecule has 2 heterocycles. The number of ether oxygens (including phenoxy) is 1. The first-order chi connectivity index (χ1) is 10.1. The number of Topliss-reactive ketones (excluding diaryl/α,β-unsaturated/α-hetero) is 1. The summed E-state index contributed by atoms with van der Waals surface area (Å²) in [5, 5.41) is 3.50. The Labute approximate surface area is 122 Å². The highest BCUT2D eigenvalue weighted by Gasteiger charge is 2.36. The van der Waals surface area contributed by atoms with Gasteiger partial charge in [-0.1, -0.05) is 18.2 Å². The summed E-state index contributed by atoms with van der Waals surface area (Å²) < 4.78 is 29.3. The number of ketones is 1. The van der Waals surface area contributed by atoms with E-state index in [4.69, 9.17) is 0 Å². The van der Waals surface area contributed by atoms with E-state index < -0.39 is 6.61 Å². The molecule has 0 aliphatic carbocycles. The predicted octanol–water partition coefficient (Wildman–Crippen LogP) is 2.93. The summed E-state index contributed by atoms with van der Waals surface area (Å²) in [5.74, 6) is 0.292. The van der Waals surface area contributed by atoms with Crippen LogP contribution in [0.3, 0.4) is 0 Å². The van der Waals surface area contributed by atoms with Gasteiger partial charge in [-0.15, -0.1) is 0 Å². The minimum absolute atomic E-state index is 0.0448. The smallest absolute Gasteiger partial charge is 0.387 e. The standard InChI is InChI=1S/C16H19F2NO2/c17-16(18)21-15-4-2-1-3-10(15)9-14(20)11-7-12-5-6-13(8-11)19-12/h1-4,11-13,16,19H,5-9H2. The Kier molecular flexibility index (Phi) is 4.19. The summed E-state index contributed by atoms with van der Waals surface area (Å²) in [7, 11) is 0. The van der Waals surface area contributed by atoms with Crippen LogP contribution in [0, 0.1) is 5.92 Å². The highest BCUT2D eigenvalue weighted by atomic mass is 19.3. The number of halogens is 2. The number of fused-ring (bicyclic) bond motifs is 2. The normalized spacial score (nSPS) is 27.9. The minimum atomic E-state index is -2.86. The molecule has 0 aromatic heterocycles. The second-order valence-electron chi connectivity index (χ2n) is 5.94. The van der Waals surface area contributed by atoms with Crippen molar-refractivity contribution in [2.45, 2.75) is 50.8 Å². The molecular formula is C16H19F2NO2. The van der Waals surface area contributed by atoms with Gasteiger partial charge in [-0.2, -0.15) is 8.78 Å². The van der Waals surface area contributed by atoms with Crippen LogP contribution in [0.25, 0.3) is 0 Å². The van der Waals surface area contributed by atoms with Gasteiger partial charge in [0.15, 0.2) is 0 Å². The zero-order chi connectivity index (χ0) is 14.8. The fourth-order valence-corrected chi connectivity index (χ4v) is 3.51. The lowest BCUT2D eigenvalue weighted by Crippen LogP contribution is -2.40. The van der Waals surface area contributed by atoms with Crippen molar-refractivity contribution < 1.29 is 18.3 Å². The van der Waals surface area contributed by atoms with Gasteiger partial charge in [0.05, 0.1) is 0 Å². The van der Waals surface area contributed by atoms with Crippen molar-refractivity contribution in [1.29, 1.82) is 0 Å². The molecule has 1 aromatic carbocycles. The van der Waals surface area contributed by atoms with Crippen LogP contribution in [0.15, 0.2) is 24.3 Å².